The topological polar surface area (TPSA) is 142 Å². The van der Waals surface area contributed by atoms with Crippen molar-refractivity contribution in [2.24, 2.45) is 17.4 Å². The third-order valence-corrected chi connectivity index (χ3v) is 11.7. The van der Waals surface area contributed by atoms with Gasteiger partial charge in [0.05, 0.1) is 29.1 Å². The molecule has 0 radical (unpaired) electrons. The van der Waals surface area contributed by atoms with E-state index in [1.54, 1.807) is 24.0 Å². The summed E-state index contributed by atoms with van der Waals surface area (Å²) >= 11 is 7.99. The lowest BCUT2D eigenvalue weighted by Gasteiger charge is -2.43. The van der Waals surface area contributed by atoms with Gasteiger partial charge in [0, 0.05) is 59.5 Å². The first-order valence-corrected chi connectivity index (χ1v) is 20.1. The molecule has 13 heteroatoms. The number of thioether (sulfide) groups is 1. The summed E-state index contributed by atoms with van der Waals surface area (Å²) in [5, 5.41) is 11.4. The van der Waals surface area contributed by atoms with Crippen molar-refractivity contribution >= 4 is 40.6 Å². The van der Waals surface area contributed by atoms with Crippen LogP contribution < -0.4 is 22.5 Å². The van der Waals surface area contributed by atoms with Gasteiger partial charge in [0.15, 0.2) is 5.82 Å². The van der Waals surface area contributed by atoms with Crippen molar-refractivity contribution in [3.8, 4) is 16.9 Å². The number of nitrogens with zero attached hydrogens (tertiary/aromatic N) is 3. The molecule has 1 aliphatic carbocycles. The number of H-pyrrole nitrogens is 1. The van der Waals surface area contributed by atoms with Gasteiger partial charge >= 0.3 is 5.69 Å². The Morgan fingerprint density at radius 2 is 2.00 bits per heavy atom. The molecule has 9 nitrogen and oxygen atoms in total. The zero-order chi connectivity index (χ0) is 36.8. The van der Waals surface area contributed by atoms with Crippen LogP contribution >= 0.6 is 23.4 Å². The molecule has 4 aromatic rings. The zero-order valence-electron chi connectivity index (χ0n) is 29.9. The number of rotatable bonds is 18. The van der Waals surface area contributed by atoms with Crippen LogP contribution in [0.3, 0.4) is 0 Å². The molecule has 1 aliphatic heterocycles. The van der Waals surface area contributed by atoms with Crippen LogP contribution in [0, 0.1) is 17.1 Å². The van der Waals surface area contributed by atoms with Crippen molar-refractivity contribution in [1.82, 2.24) is 24.8 Å². The average molecular weight is 753 g/mol. The number of hydrogen-bond acceptors (Lipinski definition) is 8. The van der Waals surface area contributed by atoms with E-state index in [4.69, 9.17) is 28.5 Å². The third kappa shape index (κ3) is 9.14. The Labute approximate surface area is 313 Å². The van der Waals surface area contributed by atoms with E-state index in [9.17, 15) is 9.18 Å². The fourth-order valence-corrected chi connectivity index (χ4v) is 8.61. The van der Waals surface area contributed by atoms with Gasteiger partial charge in [-0.05, 0) is 124 Å². The molecule has 2 aliphatic rings. The smallest absolute Gasteiger partial charge is 0.339 e. The Morgan fingerprint density at radius 1 is 1.17 bits per heavy atom. The molecule has 0 amide bonds. The van der Waals surface area contributed by atoms with E-state index in [-0.39, 0.29) is 29.8 Å². The van der Waals surface area contributed by atoms with Crippen molar-refractivity contribution < 1.29 is 8.78 Å². The molecular formula is C39H51ClF2N8OS. The van der Waals surface area contributed by atoms with Crippen molar-refractivity contribution in [3.63, 3.8) is 0 Å². The van der Waals surface area contributed by atoms with E-state index in [0.717, 1.165) is 61.9 Å². The number of nitrogens with two attached hydrogens (primary N) is 2. The van der Waals surface area contributed by atoms with E-state index in [1.165, 1.54) is 29.2 Å². The molecule has 0 bridgehead atoms. The van der Waals surface area contributed by atoms with Gasteiger partial charge in [-0.15, -0.1) is 11.8 Å². The molecule has 2 fully saturated rings. The Morgan fingerprint density at radius 3 is 2.75 bits per heavy atom. The molecule has 0 spiro atoms. The number of piperidine rings is 1. The molecule has 7 N–H and O–H groups in total. The van der Waals surface area contributed by atoms with E-state index in [1.807, 2.05) is 30.5 Å². The van der Waals surface area contributed by atoms with Gasteiger partial charge in [0.2, 0.25) is 0 Å². The predicted molar refractivity (Wildman–Crippen MR) is 209 cm³/mol. The summed E-state index contributed by atoms with van der Waals surface area (Å²) in [4.78, 5) is 24.4. The Bertz CT molecular complexity index is 1900. The number of likely N-dealkylation sites (tertiary alicyclic amines) is 1. The summed E-state index contributed by atoms with van der Waals surface area (Å²) < 4.78 is 30.4. The van der Waals surface area contributed by atoms with Gasteiger partial charge in [0.25, 0.3) is 0 Å². The number of alkyl halides is 1. The van der Waals surface area contributed by atoms with E-state index in [0.29, 0.717) is 59.4 Å². The molecule has 4 atom stereocenters. The van der Waals surface area contributed by atoms with Crippen LogP contribution in [0.4, 0.5) is 8.78 Å². The quantitative estimate of drug-likeness (QED) is 0.0413. The lowest BCUT2D eigenvalue weighted by atomic mass is 9.89. The maximum atomic E-state index is 15.4. The van der Waals surface area contributed by atoms with E-state index >= 15 is 4.39 Å². The number of hydrogen-bond donors (Lipinski definition) is 5. The number of aromatic nitrogens is 3. The first-order chi connectivity index (χ1) is 25.2. The van der Waals surface area contributed by atoms with Crippen LogP contribution in [-0.4, -0.2) is 76.3 Å². The maximum Gasteiger partial charge on any atom is 0.354 e. The van der Waals surface area contributed by atoms with Crippen molar-refractivity contribution in [1.29, 1.82) is 5.41 Å². The van der Waals surface area contributed by atoms with Gasteiger partial charge < -0.3 is 27.2 Å². The molecule has 1 unspecified atom stereocenters. The maximum absolute atomic E-state index is 15.4. The van der Waals surface area contributed by atoms with Crippen molar-refractivity contribution in [2.45, 2.75) is 93.3 Å². The van der Waals surface area contributed by atoms with Crippen LogP contribution in [0.5, 0.6) is 0 Å². The lowest BCUT2D eigenvalue weighted by Crippen LogP contribution is -2.44. The SMILES string of the molecule is CSc1cc(-n2cc3cc(-c4cc(CCC[C@@H](N)C5CC5)cc(Cl)c4F)[nH]c3nc2=O)ccc1[C@@H]1CCC[C@@H](CCNCC(N)C=N)N1CCCF. The van der Waals surface area contributed by atoms with Crippen molar-refractivity contribution in [3.05, 3.63) is 75.0 Å². The van der Waals surface area contributed by atoms with Gasteiger partial charge in [0.1, 0.15) is 5.65 Å². The fourth-order valence-electron chi connectivity index (χ4n) is 7.69. The molecule has 1 saturated heterocycles. The van der Waals surface area contributed by atoms with Crippen LogP contribution in [0.15, 0.2) is 52.3 Å². The summed E-state index contributed by atoms with van der Waals surface area (Å²) in [5.74, 6) is 0.123. The van der Waals surface area contributed by atoms with Crippen LogP contribution in [0.25, 0.3) is 28.0 Å². The molecule has 3 heterocycles. The minimum atomic E-state index is -0.518. The molecule has 6 rings (SSSR count). The highest BCUT2D eigenvalue weighted by atomic mass is 35.5. The third-order valence-electron chi connectivity index (χ3n) is 10.7. The van der Waals surface area contributed by atoms with Gasteiger partial charge in [-0.3, -0.25) is 13.9 Å². The Balaban J connectivity index is 1.23. The van der Waals surface area contributed by atoms with E-state index in [2.05, 4.69) is 26.3 Å². The first-order valence-electron chi connectivity index (χ1n) is 18.5. The predicted octanol–water partition coefficient (Wildman–Crippen LogP) is 7.17. The number of halogens is 3. The van der Waals surface area contributed by atoms with E-state index < -0.39 is 11.5 Å². The van der Waals surface area contributed by atoms with Gasteiger partial charge in [-0.1, -0.05) is 17.7 Å². The highest BCUT2D eigenvalue weighted by Gasteiger charge is 2.32. The number of aromatic amines is 1. The standard InChI is InChI=1S/C39H51ClF2N8OS/c1-52-36-20-29(11-12-30(36)35-8-3-6-28(49(35)16-4-14-41)13-15-46-22-27(44)21-43)50-23-26-19-34(47-38(26)48-39(50)51)31-17-24(18-32(40)37(31)42)5-2-7-33(45)25-9-10-25/h11-12,17-21,23,25,27-28,33,35,43,46H,2-10,13-16,22,44-45H2,1H3,(H,47,48,51)/t27?,28-,33+,35-/m0/s1. The van der Waals surface area contributed by atoms with Crippen molar-refractivity contribution in [2.75, 3.05) is 32.6 Å². The number of fused-ring (bicyclic) bond motifs is 1. The highest BCUT2D eigenvalue weighted by Crippen LogP contribution is 2.40. The van der Waals surface area contributed by atoms with Crippen LogP contribution in [0.1, 0.15) is 75.0 Å². The Hall–Kier alpha value is -3.13. The normalized spacial score (nSPS) is 19.3. The minimum Gasteiger partial charge on any atom is -0.339 e. The van der Waals surface area contributed by atoms with Gasteiger partial charge in [-0.2, -0.15) is 4.98 Å². The summed E-state index contributed by atoms with van der Waals surface area (Å²) in [5.41, 5.74) is 15.7. The van der Waals surface area contributed by atoms with Crippen LogP contribution in [0.2, 0.25) is 5.02 Å². The minimum absolute atomic E-state index is 0.0582. The highest BCUT2D eigenvalue weighted by molar-refractivity contribution is 7.98. The molecule has 280 valence electrons. The first kappa shape index (κ1) is 38.6. The lowest BCUT2D eigenvalue weighted by molar-refractivity contribution is 0.0721. The molecule has 2 aromatic heterocycles. The van der Waals surface area contributed by atoms with Crippen LogP contribution in [-0.2, 0) is 6.42 Å². The molecular weight excluding hydrogens is 702 g/mol. The summed E-state index contributed by atoms with van der Waals surface area (Å²) in [6.07, 6.45) is 14.5. The number of benzene rings is 2. The molecule has 1 saturated carbocycles. The second-order valence-electron chi connectivity index (χ2n) is 14.3. The summed E-state index contributed by atoms with van der Waals surface area (Å²) in [6, 6.07) is 11.7. The summed E-state index contributed by atoms with van der Waals surface area (Å²) in [7, 11) is 0. The largest absolute Gasteiger partial charge is 0.354 e. The molecule has 52 heavy (non-hydrogen) atoms. The average Bonchev–Trinajstić information content (AvgIpc) is 3.93. The fraction of sp³-hybridized carbons (Fsp3) is 0.513. The zero-order valence-corrected chi connectivity index (χ0v) is 31.4. The Kier molecular flexibility index (Phi) is 13.2. The van der Waals surface area contributed by atoms with Gasteiger partial charge in [-0.25, -0.2) is 9.18 Å². The monoisotopic (exact) mass is 752 g/mol. The summed E-state index contributed by atoms with van der Waals surface area (Å²) in [6.45, 7) is 1.64. The number of aryl methyl sites for hydroxylation is 1. The second-order valence-corrected chi connectivity index (χ2v) is 15.6. The number of nitrogens with one attached hydrogen (secondary N) is 3. The second kappa shape index (κ2) is 17.8. The molecule has 2 aromatic carbocycles.